The van der Waals surface area contributed by atoms with Crippen LogP contribution < -0.4 is 4.80 Å². The van der Waals surface area contributed by atoms with Crippen molar-refractivity contribution in [2.45, 2.75) is 40.7 Å². The molecule has 3 rings (SSSR count). The van der Waals surface area contributed by atoms with E-state index < -0.39 is 0 Å². The minimum absolute atomic E-state index is 0.119. The minimum atomic E-state index is -0.119. The predicted molar refractivity (Wildman–Crippen MR) is 110 cm³/mol. The van der Waals surface area contributed by atoms with Crippen LogP contribution in [0.3, 0.4) is 0 Å². The van der Waals surface area contributed by atoms with Crippen LogP contribution in [0, 0.1) is 27.7 Å². The lowest BCUT2D eigenvalue weighted by Crippen LogP contribution is -2.17. The van der Waals surface area contributed by atoms with E-state index in [1.807, 2.05) is 12.1 Å². The molecule has 0 radical (unpaired) electrons. The zero-order chi connectivity index (χ0) is 18.8. The maximum absolute atomic E-state index is 12.6. The fourth-order valence-corrected chi connectivity index (χ4v) is 4.24. The number of aromatic nitrogens is 1. The first-order chi connectivity index (χ1) is 12.4. The molecular weight excluding hydrogens is 340 g/mol. The van der Waals surface area contributed by atoms with Gasteiger partial charge < -0.3 is 4.57 Å². The van der Waals surface area contributed by atoms with Crippen LogP contribution in [0.1, 0.15) is 27.8 Å². The first kappa shape index (κ1) is 18.3. The molecular formula is C22H24N2OS. The van der Waals surface area contributed by atoms with Gasteiger partial charge in [0.2, 0.25) is 0 Å². The van der Waals surface area contributed by atoms with Crippen molar-refractivity contribution in [2.75, 3.05) is 0 Å². The summed E-state index contributed by atoms with van der Waals surface area (Å²) < 4.78 is 3.25. The van der Waals surface area contributed by atoms with Crippen molar-refractivity contribution in [1.29, 1.82) is 0 Å². The predicted octanol–water partition coefficient (Wildman–Crippen LogP) is 4.79. The number of hydrogen-bond acceptors (Lipinski definition) is 2. The van der Waals surface area contributed by atoms with E-state index in [1.165, 1.54) is 27.0 Å². The third-order valence-electron chi connectivity index (χ3n) is 4.57. The molecule has 4 heteroatoms. The number of carbonyl (C=O) groups excluding carboxylic acids is 1. The summed E-state index contributed by atoms with van der Waals surface area (Å²) in [6.45, 7) is 12.8. The molecule has 0 N–H and O–H groups in total. The van der Waals surface area contributed by atoms with E-state index in [2.05, 4.69) is 68.1 Å². The van der Waals surface area contributed by atoms with Crippen molar-refractivity contribution in [1.82, 2.24) is 4.57 Å². The molecule has 0 bridgehead atoms. The van der Waals surface area contributed by atoms with Crippen LogP contribution in [-0.4, -0.2) is 10.5 Å². The molecule has 0 saturated carbocycles. The summed E-state index contributed by atoms with van der Waals surface area (Å²) >= 11 is 1.57. The third kappa shape index (κ3) is 3.70. The number of carbonyl (C=O) groups is 1. The zero-order valence-electron chi connectivity index (χ0n) is 15.8. The van der Waals surface area contributed by atoms with Gasteiger partial charge in [0.25, 0.3) is 5.91 Å². The van der Waals surface area contributed by atoms with Crippen molar-refractivity contribution in [3.63, 3.8) is 0 Å². The molecule has 1 aromatic heterocycles. The molecule has 134 valence electrons. The lowest BCUT2D eigenvalue weighted by Gasteiger charge is -2.04. The Morgan fingerprint density at radius 2 is 1.88 bits per heavy atom. The van der Waals surface area contributed by atoms with Gasteiger partial charge in [0.15, 0.2) is 4.80 Å². The molecule has 1 amide bonds. The average molecular weight is 365 g/mol. The Bertz CT molecular complexity index is 1070. The first-order valence-corrected chi connectivity index (χ1v) is 9.56. The van der Waals surface area contributed by atoms with Gasteiger partial charge in [-0.15, -0.1) is 6.58 Å². The smallest absolute Gasteiger partial charge is 0.252 e. The number of rotatable bonds is 4. The van der Waals surface area contributed by atoms with E-state index in [0.717, 1.165) is 15.9 Å². The summed E-state index contributed by atoms with van der Waals surface area (Å²) in [6.07, 6.45) is 2.16. The number of benzene rings is 2. The van der Waals surface area contributed by atoms with Crippen LogP contribution in [0.2, 0.25) is 0 Å². The Labute approximate surface area is 158 Å². The van der Waals surface area contributed by atoms with Gasteiger partial charge in [0.1, 0.15) is 0 Å². The van der Waals surface area contributed by atoms with E-state index in [1.54, 1.807) is 11.3 Å². The van der Waals surface area contributed by atoms with Crippen molar-refractivity contribution in [3.8, 4) is 0 Å². The highest BCUT2D eigenvalue weighted by molar-refractivity contribution is 7.16. The van der Waals surface area contributed by atoms with E-state index >= 15 is 0 Å². The van der Waals surface area contributed by atoms with Crippen molar-refractivity contribution < 1.29 is 4.79 Å². The van der Waals surface area contributed by atoms with Gasteiger partial charge in [-0.05, 0) is 61.6 Å². The molecule has 3 aromatic rings. The first-order valence-electron chi connectivity index (χ1n) is 8.74. The van der Waals surface area contributed by atoms with Crippen molar-refractivity contribution in [3.05, 3.63) is 75.6 Å². The molecule has 0 fully saturated rings. The fourth-order valence-electron chi connectivity index (χ4n) is 3.14. The number of thiazole rings is 1. The van der Waals surface area contributed by atoms with Crippen LogP contribution in [0.25, 0.3) is 10.2 Å². The molecule has 0 unspecified atom stereocenters. The minimum Gasteiger partial charge on any atom is -0.312 e. The number of hydrogen-bond donors (Lipinski definition) is 0. The van der Waals surface area contributed by atoms with Gasteiger partial charge in [-0.25, -0.2) is 0 Å². The van der Waals surface area contributed by atoms with Gasteiger partial charge in [0.05, 0.1) is 16.6 Å². The lowest BCUT2D eigenvalue weighted by molar-refractivity contribution is -0.117. The Morgan fingerprint density at radius 1 is 1.12 bits per heavy atom. The largest absolute Gasteiger partial charge is 0.312 e. The Balaban J connectivity index is 2.03. The normalized spacial score (nSPS) is 11.9. The summed E-state index contributed by atoms with van der Waals surface area (Å²) in [5, 5.41) is 0. The van der Waals surface area contributed by atoms with Gasteiger partial charge in [0, 0.05) is 6.54 Å². The topological polar surface area (TPSA) is 34.4 Å². The highest BCUT2D eigenvalue weighted by Gasteiger charge is 2.10. The number of aryl methyl sites for hydroxylation is 4. The van der Waals surface area contributed by atoms with Gasteiger partial charge in [-0.1, -0.05) is 41.7 Å². The summed E-state index contributed by atoms with van der Waals surface area (Å²) in [5.41, 5.74) is 6.97. The summed E-state index contributed by atoms with van der Waals surface area (Å²) in [6, 6.07) is 10.4. The van der Waals surface area contributed by atoms with E-state index in [-0.39, 0.29) is 5.91 Å². The maximum Gasteiger partial charge on any atom is 0.252 e. The molecule has 0 aliphatic carbocycles. The summed E-state index contributed by atoms with van der Waals surface area (Å²) in [5.74, 6) is -0.119. The Kier molecular flexibility index (Phi) is 5.23. The standard InChI is InChI=1S/C22H24N2OS/c1-6-9-24-19-11-14(2)10-17(5)21(19)26-22(24)23-20(25)13-18-8-7-15(3)16(4)12-18/h6-8,10-12H,1,9,13H2,2-5H3. The molecule has 1 heterocycles. The van der Waals surface area contributed by atoms with Crippen LogP contribution >= 0.6 is 11.3 Å². The monoisotopic (exact) mass is 364 g/mol. The molecule has 26 heavy (non-hydrogen) atoms. The lowest BCUT2D eigenvalue weighted by atomic mass is 10.0. The van der Waals surface area contributed by atoms with Crippen molar-refractivity contribution in [2.24, 2.45) is 4.99 Å². The zero-order valence-corrected chi connectivity index (χ0v) is 16.6. The molecule has 3 nitrogen and oxygen atoms in total. The number of amides is 1. The van der Waals surface area contributed by atoms with Gasteiger partial charge in [-0.3, -0.25) is 4.79 Å². The van der Waals surface area contributed by atoms with Crippen LogP contribution in [-0.2, 0) is 17.8 Å². The second kappa shape index (κ2) is 7.42. The molecule has 0 aliphatic heterocycles. The van der Waals surface area contributed by atoms with Crippen molar-refractivity contribution >= 4 is 27.5 Å². The molecule has 0 saturated heterocycles. The quantitative estimate of drug-likeness (QED) is 0.613. The van der Waals surface area contributed by atoms with E-state index in [0.29, 0.717) is 13.0 Å². The van der Waals surface area contributed by atoms with Gasteiger partial charge >= 0.3 is 0 Å². The molecule has 0 spiro atoms. The average Bonchev–Trinajstić information content (AvgIpc) is 2.89. The highest BCUT2D eigenvalue weighted by atomic mass is 32.1. The molecule has 2 aromatic carbocycles. The second-order valence-corrected chi connectivity index (χ2v) is 7.79. The third-order valence-corrected chi connectivity index (χ3v) is 5.80. The number of fused-ring (bicyclic) bond motifs is 1. The Morgan fingerprint density at radius 3 is 2.58 bits per heavy atom. The fraction of sp³-hybridized carbons (Fsp3) is 0.273. The Hall–Kier alpha value is -2.46. The molecule has 0 atom stereocenters. The summed E-state index contributed by atoms with van der Waals surface area (Å²) in [4.78, 5) is 17.7. The highest BCUT2D eigenvalue weighted by Crippen LogP contribution is 2.23. The number of allylic oxidation sites excluding steroid dienone is 1. The summed E-state index contributed by atoms with van der Waals surface area (Å²) in [7, 11) is 0. The van der Waals surface area contributed by atoms with Crippen LogP contribution in [0.5, 0.6) is 0 Å². The second-order valence-electron chi connectivity index (χ2n) is 6.81. The van der Waals surface area contributed by atoms with E-state index in [9.17, 15) is 4.79 Å². The van der Waals surface area contributed by atoms with Crippen LogP contribution in [0.15, 0.2) is 48.0 Å². The maximum atomic E-state index is 12.6. The van der Waals surface area contributed by atoms with E-state index in [4.69, 9.17) is 0 Å². The molecule has 0 aliphatic rings. The number of nitrogens with zero attached hydrogens (tertiary/aromatic N) is 2. The van der Waals surface area contributed by atoms with Gasteiger partial charge in [-0.2, -0.15) is 4.99 Å². The van der Waals surface area contributed by atoms with Crippen LogP contribution in [0.4, 0.5) is 0 Å². The SMILES string of the molecule is C=CCn1c(=NC(=O)Cc2ccc(C)c(C)c2)sc2c(C)cc(C)cc21.